The summed E-state index contributed by atoms with van der Waals surface area (Å²) in [6, 6.07) is 63.6. The standard InChI is InChI=1S/C53H40/c1-4-33(2)52-42(19-11-21-49(52)50-22-12-20-48-41-14-6-5-13-39(41)29-34(3)53(48)50)40-26-25-35-30-36(23-24-37(35)31-40)38-27-28-47-45-17-8-7-15-43(45)44-16-9-10-18-46(44)51(47)32-38/h5-33H,4H2,1-3H3. The topological polar surface area (TPSA) is 0 Å². The van der Waals surface area contributed by atoms with Crippen LogP contribution in [0.4, 0.5) is 0 Å². The third kappa shape index (κ3) is 5.05. The highest BCUT2D eigenvalue weighted by atomic mass is 14.2. The zero-order chi connectivity index (χ0) is 35.6. The summed E-state index contributed by atoms with van der Waals surface area (Å²) < 4.78 is 0. The molecule has 1 atom stereocenters. The minimum absolute atomic E-state index is 0.399. The predicted molar refractivity (Wildman–Crippen MR) is 231 cm³/mol. The summed E-state index contributed by atoms with van der Waals surface area (Å²) in [5.41, 5.74) is 10.5. The van der Waals surface area contributed by atoms with Gasteiger partial charge < -0.3 is 0 Å². The van der Waals surface area contributed by atoms with E-state index in [-0.39, 0.29) is 0 Å². The summed E-state index contributed by atoms with van der Waals surface area (Å²) in [6.07, 6.45) is 1.07. The summed E-state index contributed by atoms with van der Waals surface area (Å²) in [7, 11) is 0. The van der Waals surface area contributed by atoms with Crippen molar-refractivity contribution < 1.29 is 0 Å². The van der Waals surface area contributed by atoms with Crippen molar-refractivity contribution in [1.82, 2.24) is 0 Å². The van der Waals surface area contributed by atoms with Gasteiger partial charge >= 0.3 is 0 Å². The molecule has 0 nitrogen and oxygen atoms in total. The Morgan fingerprint density at radius 3 is 1.60 bits per heavy atom. The van der Waals surface area contributed by atoms with E-state index in [0.29, 0.717) is 5.92 Å². The van der Waals surface area contributed by atoms with Crippen molar-refractivity contribution >= 4 is 64.6 Å². The maximum absolute atomic E-state index is 2.39. The molecular weight excluding hydrogens is 637 g/mol. The first-order chi connectivity index (χ1) is 26.1. The predicted octanol–water partition coefficient (Wildman–Crippen LogP) is 15.4. The lowest BCUT2D eigenvalue weighted by Gasteiger charge is -2.22. The summed E-state index contributed by atoms with van der Waals surface area (Å²) >= 11 is 0. The van der Waals surface area contributed by atoms with Gasteiger partial charge in [-0.15, -0.1) is 0 Å². The van der Waals surface area contributed by atoms with Crippen LogP contribution < -0.4 is 0 Å². The van der Waals surface area contributed by atoms with Crippen LogP contribution in [0.1, 0.15) is 37.3 Å². The minimum atomic E-state index is 0.399. The molecule has 0 spiro atoms. The van der Waals surface area contributed by atoms with Crippen LogP contribution in [0.25, 0.3) is 98.0 Å². The molecule has 0 saturated carbocycles. The Morgan fingerprint density at radius 1 is 0.377 bits per heavy atom. The number of aryl methyl sites for hydroxylation is 1. The highest BCUT2D eigenvalue weighted by Crippen LogP contribution is 2.44. The average molecular weight is 677 g/mol. The summed E-state index contributed by atoms with van der Waals surface area (Å²) in [6.45, 7) is 6.97. The monoisotopic (exact) mass is 676 g/mol. The van der Waals surface area contributed by atoms with Crippen LogP contribution in [0.3, 0.4) is 0 Å². The maximum Gasteiger partial charge on any atom is -0.00696 e. The van der Waals surface area contributed by atoms with Crippen LogP contribution in [0.5, 0.6) is 0 Å². The Morgan fingerprint density at radius 2 is 0.887 bits per heavy atom. The number of fused-ring (bicyclic) bond motifs is 10. The molecule has 0 radical (unpaired) electrons. The molecule has 0 saturated heterocycles. The molecular formula is C53H40. The molecule has 0 aromatic heterocycles. The highest BCUT2D eigenvalue weighted by molar-refractivity contribution is 6.25. The molecule has 0 aliphatic rings. The molecule has 10 aromatic rings. The van der Waals surface area contributed by atoms with Gasteiger partial charge in [0, 0.05) is 0 Å². The number of hydrogen-bond donors (Lipinski definition) is 0. The van der Waals surface area contributed by atoms with Gasteiger partial charge in [-0.3, -0.25) is 0 Å². The van der Waals surface area contributed by atoms with E-state index in [4.69, 9.17) is 0 Å². The molecule has 0 fully saturated rings. The molecule has 252 valence electrons. The first-order valence-corrected chi connectivity index (χ1v) is 19.0. The molecule has 0 aliphatic carbocycles. The number of rotatable bonds is 5. The van der Waals surface area contributed by atoms with Gasteiger partial charge in [0.25, 0.3) is 0 Å². The molecule has 10 rings (SSSR count). The summed E-state index contributed by atoms with van der Waals surface area (Å²) in [5, 5.41) is 15.7. The largest absolute Gasteiger partial charge is 0.0648 e. The molecule has 53 heavy (non-hydrogen) atoms. The van der Waals surface area contributed by atoms with E-state index in [2.05, 4.69) is 191 Å². The van der Waals surface area contributed by atoms with Crippen LogP contribution in [0.15, 0.2) is 170 Å². The fraction of sp³-hybridized carbons (Fsp3) is 0.0943. The quantitative estimate of drug-likeness (QED) is 0.159. The molecule has 0 amide bonds. The van der Waals surface area contributed by atoms with Crippen molar-refractivity contribution in [3.63, 3.8) is 0 Å². The normalized spacial score (nSPS) is 12.4. The molecule has 0 aliphatic heterocycles. The van der Waals surface area contributed by atoms with Crippen molar-refractivity contribution in [2.45, 2.75) is 33.1 Å². The van der Waals surface area contributed by atoms with Crippen molar-refractivity contribution in [2.24, 2.45) is 0 Å². The lowest BCUT2D eigenvalue weighted by molar-refractivity contribution is 0.737. The van der Waals surface area contributed by atoms with Gasteiger partial charge in [-0.25, -0.2) is 0 Å². The number of hydrogen-bond acceptors (Lipinski definition) is 0. The third-order valence-corrected chi connectivity index (χ3v) is 11.8. The van der Waals surface area contributed by atoms with Crippen LogP contribution in [0.2, 0.25) is 0 Å². The smallest absolute Gasteiger partial charge is 0.00696 e. The zero-order valence-corrected chi connectivity index (χ0v) is 30.5. The minimum Gasteiger partial charge on any atom is -0.0648 e. The lowest BCUT2D eigenvalue weighted by atomic mass is 9.82. The number of benzene rings is 10. The van der Waals surface area contributed by atoms with Crippen LogP contribution in [-0.4, -0.2) is 0 Å². The first-order valence-electron chi connectivity index (χ1n) is 19.0. The molecule has 10 aromatic carbocycles. The Bertz CT molecular complexity index is 3030. The zero-order valence-electron chi connectivity index (χ0n) is 30.5. The average Bonchev–Trinajstić information content (AvgIpc) is 3.22. The van der Waals surface area contributed by atoms with E-state index in [1.165, 1.54) is 109 Å². The Kier molecular flexibility index (Phi) is 7.41. The molecule has 0 heterocycles. The van der Waals surface area contributed by atoms with E-state index in [1.54, 1.807) is 0 Å². The molecule has 0 bridgehead atoms. The third-order valence-electron chi connectivity index (χ3n) is 11.8. The Labute approximate surface area is 311 Å². The summed E-state index contributed by atoms with van der Waals surface area (Å²) in [4.78, 5) is 0. The first kappa shape index (κ1) is 31.5. The maximum atomic E-state index is 2.39. The van der Waals surface area contributed by atoms with Crippen molar-refractivity contribution in [3.05, 3.63) is 181 Å². The van der Waals surface area contributed by atoms with E-state index >= 15 is 0 Å². The second-order valence-corrected chi connectivity index (χ2v) is 14.8. The summed E-state index contributed by atoms with van der Waals surface area (Å²) in [5.74, 6) is 0.399. The molecule has 0 heteroatoms. The van der Waals surface area contributed by atoms with E-state index in [0.717, 1.165) is 6.42 Å². The van der Waals surface area contributed by atoms with Gasteiger partial charge in [-0.1, -0.05) is 166 Å². The second-order valence-electron chi connectivity index (χ2n) is 14.8. The molecule has 1 unspecified atom stereocenters. The van der Waals surface area contributed by atoms with Gasteiger partial charge in [-0.05, 0) is 147 Å². The van der Waals surface area contributed by atoms with Crippen LogP contribution in [-0.2, 0) is 0 Å². The van der Waals surface area contributed by atoms with Gasteiger partial charge in [0.15, 0.2) is 0 Å². The van der Waals surface area contributed by atoms with Gasteiger partial charge in [0.05, 0.1) is 0 Å². The van der Waals surface area contributed by atoms with Gasteiger partial charge in [-0.2, -0.15) is 0 Å². The van der Waals surface area contributed by atoms with Crippen molar-refractivity contribution in [2.75, 3.05) is 0 Å². The SMILES string of the molecule is CCC(C)c1c(-c2ccc3cc(-c4ccc5c6ccccc6c6ccccc6c5c4)ccc3c2)cccc1-c1cccc2c1c(C)cc1ccccc12. The Balaban J connectivity index is 1.10. The lowest BCUT2D eigenvalue weighted by Crippen LogP contribution is -2.00. The van der Waals surface area contributed by atoms with Crippen molar-refractivity contribution in [1.29, 1.82) is 0 Å². The van der Waals surface area contributed by atoms with Crippen molar-refractivity contribution in [3.8, 4) is 33.4 Å². The molecule has 0 N–H and O–H groups in total. The fourth-order valence-corrected chi connectivity index (χ4v) is 9.07. The van der Waals surface area contributed by atoms with Crippen LogP contribution >= 0.6 is 0 Å². The van der Waals surface area contributed by atoms with Gasteiger partial charge in [0.1, 0.15) is 0 Å². The van der Waals surface area contributed by atoms with E-state index < -0.39 is 0 Å². The van der Waals surface area contributed by atoms with E-state index in [1.807, 2.05) is 0 Å². The van der Waals surface area contributed by atoms with Crippen LogP contribution in [0, 0.1) is 6.92 Å². The second kappa shape index (κ2) is 12.5. The van der Waals surface area contributed by atoms with E-state index in [9.17, 15) is 0 Å². The van der Waals surface area contributed by atoms with Gasteiger partial charge in [0.2, 0.25) is 0 Å². The fourth-order valence-electron chi connectivity index (χ4n) is 9.07. The highest BCUT2D eigenvalue weighted by Gasteiger charge is 2.20. The Hall–Kier alpha value is -6.24.